The molecule has 4 aromatic carbocycles. The molecular weight excluding hydrogens is 873 g/mol. The Morgan fingerprint density at radius 3 is 2.29 bits per heavy atom. The number of methoxy groups -OCH3 is 2. The van der Waals surface area contributed by atoms with E-state index in [1.807, 2.05) is 41.1 Å². The number of H-pyrrole nitrogens is 2. The lowest BCUT2D eigenvalue weighted by Crippen LogP contribution is -2.53. The first-order valence-corrected chi connectivity index (χ1v) is 24.0. The monoisotopic (exact) mass is 930 g/mol. The number of aromatic amines is 2. The Balaban J connectivity index is 0.866. The molecule has 10 rings (SSSR count). The summed E-state index contributed by atoms with van der Waals surface area (Å²) >= 11 is 0. The highest BCUT2D eigenvalue weighted by Crippen LogP contribution is 2.50. The molecule has 1 aliphatic carbocycles. The number of carbonyl (C=O) groups is 4. The zero-order valence-electron chi connectivity index (χ0n) is 39.2. The van der Waals surface area contributed by atoms with E-state index < -0.39 is 24.3 Å². The lowest BCUT2D eigenvalue weighted by molar-refractivity contribution is -0.137. The number of piperidine rings is 1. The molecule has 6 atom stereocenters. The van der Waals surface area contributed by atoms with Gasteiger partial charge in [0.05, 0.1) is 49.2 Å². The molecule has 4 fully saturated rings. The molecule has 15 nitrogen and oxygen atoms in total. The summed E-state index contributed by atoms with van der Waals surface area (Å²) in [6.07, 6.45) is 13.6. The number of imidazole rings is 2. The fraction of sp³-hybridized carbons (Fsp3) is 0.370. The van der Waals surface area contributed by atoms with Gasteiger partial charge in [-0.05, 0) is 121 Å². The van der Waals surface area contributed by atoms with Crippen molar-refractivity contribution in [3.05, 3.63) is 121 Å². The lowest BCUT2D eigenvalue weighted by atomic mass is 9.90. The first kappa shape index (κ1) is 45.5. The maximum absolute atomic E-state index is 14.3. The number of aromatic nitrogens is 4. The smallest absolute Gasteiger partial charge is 0.407 e. The van der Waals surface area contributed by atoms with Gasteiger partial charge in [0.2, 0.25) is 5.91 Å². The molecule has 0 spiro atoms. The Morgan fingerprint density at radius 2 is 1.52 bits per heavy atom. The normalized spacial score (nSPS) is 21.4. The van der Waals surface area contributed by atoms with Crippen LogP contribution in [-0.2, 0) is 23.8 Å². The summed E-state index contributed by atoms with van der Waals surface area (Å²) in [5.74, 6) is 1.34. The molecule has 4 N–H and O–H groups in total. The summed E-state index contributed by atoms with van der Waals surface area (Å²) < 4.78 is 15.4. The predicted molar refractivity (Wildman–Crippen MR) is 264 cm³/mol. The van der Waals surface area contributed by atoms with Crippen LogP contribution in [0.15, 0.2) is 109 Å². The standard InChI is InChI=1S/C54H58N8O7/c1-5-6-7-9-31(2)45(59-53(65)67-3)52(64)62-40-18-15-39(29-40)48(62)50-55-30-43(57-50)38-14-13-34-26-33(11-12-35(34)28-38)36-16-19-41-37(27-36)17-20-42-47(41)58-49(56-42)44-10-8-23-61(44)51(63)46(60-54(66)68-4)32-21-24-69-25-22-32/h5-7,9,11-14,16-17,19-20,26-28,30,32,39-40,44-46,48H,2,8,10,15,18,21-25,29H2,1,3-4H3,(H,55,57)(H,56,58)(H,59,65)(H,60,66)/b6-5-,9-7-/t39-,40+,44-,45+,46-,48-/m0/s1. The minimum Gasteiger partial charge on any atom is -0.453 e. The molecule has 2 bridgehead atoms. The maximum Gasteiger partial charge on any atom is 0.407 e. The third-order valence-electron chi connectivity index (χ3n) is 14.7. The Morgan fingerprint density at radius 1 is 0.812 bits per heavy atom. The number of hydrogen-bond donors (Lipinski definition) is 4. The summed E-state index contributed by atoms with van der Waals surface area (Å²) in [4.78, 5) is 74.2. The lowest BCUT2D eigenvalue weighted by Gasteiger charge is -2.36. The summed E-state index contributed by atoms with van der Waals surface area (Å²) in [5, 5.41) is 9.85. The van der Waals surface area contributed by atoms with Gasteiger partial charge in [0.1, 0.15) is 23.7 Å². The molecule has 15 heteroatoms. The van der Waals surface area contributed by atoms with Crippen LogP contribution in [0.25, 0.3) is 55.0 Å². The van der Waals surface area contributed by atoms with E-state index >= 15 is 0 Å². The average molecular weight is 931 g/mol. The van der Waals surface area contributed by atoms with Gasteiger partial charge in [-0.25, -0.2) is 19.6 Å². The summed E-state index contributed by atoms with van der Waals surface area (Å²) in [6.45, 7) is 7.73. The molecule has 0 unspecified atom stereocenters. The van der Waals surface area contributed by atoms with Crippen LogP contribution in [0.5, 0.6) is 0 Å². The van der Waals surface area contributed by atoms with Crippen LogP contribution in [0.3, 0.4) is 0 Å². The topological polar surface area (TPSA) is 184 Å². The van der Waals surface area contributed by atoms with Crippen molar-refractivity contribution in [2.75, 3.05) is 34.0 Å². The zero-order valence-corrected chi connectivity index (χ0v) is 39.2. The van der Waals surface area contributed by atoms with Crippen molar-refractivity contribution in [1.29, 1.82) is 0 Å². The van der Waals surface area contributed by atoms with Crippen molar-refractivity contribution >= 4 is 56.6 Å². The molecular formula is C54H58N8O7. The number of rotatable bonds is 12. The van der Waals surface area contributed by atoms with E-state index in [9.17, 15) is 19.2 Å². The van der Waals surface area contributed by atoms with Crippen LogP contribution < -0.4 is 10.6 Å². The SMILES string of the molecule is C=C(/C=C\C=C/C)[C@@H](NC(=O)OC)C(=O)N1[C@@H]2CC[C@@H](C2)[C@H]1c1ncc(-c2ccc3cc(-c4ccc5c(ccc6nc([C@@H]7CCCN7C(=O)[C@@H](NC(=O)OC)C7CCOCC7)[nH]c65)c4)ccc3c2)[nH]1. The second-order valence-electron chi connectivity index (χ2n) is 18.7. The van der Waals surface area contributed by atoms with Gasteiger partial charge in [-0.2, -0.15) is 0 Å². The molecule has 5 heterocycles. The van der Waals surface area contributed by atoms with Crippen LogP contribution >= 0.6 is 0 Å². The Labute approximate surface area is 400 Å². The molecule has 4 amide bonds. The van der Waals surface area contributed by atoms with Crippen molar-refractivity contribution in [3.63, 3.8) is 0 Å². The number of fused-ring (bicyclic) bond motifs is 6. The fourth-order valence-electron chi connectivity index (χ4n) is 11.2. The summed E-state index contributed by atoms with van der Waals surface area (Å²) in [6, 6.07) is 21.3. The highest BCUT2D eigenvalue weighted by atomic mass is 16.5. The van der Waals surface area contributed by atoms with E-state index in [1.165, 1.54) is 14.2 Å². The van der Waals surface area contributed by atoms with Crippen LogP contribution in [0, 0.1) is 11.8 Å². The van der Waals surface area contributed by atoms with Crippen molar-refractivity contribution in [1.82, 2.24) is 40.4 Å². The van der Waals surface area contributed by atoms with Crippen LogP contribution in [-0.4, -0.2) is 106 Å². The number of hydrogen-bond acceptors (Lipinski definition) is 9. The van der Waals surface area contributed by atoms with Crippen molar-refractivity contribution in [2.45, 2.75) is 82.1 Å². The van der Waals surface area contributed by atoms with Gasteiger partial charge in [0.15, 0.2) is 0 Å². The highest BCUT2D eigenvalue weighted by molar-refractivity contribution is 6.06. The number of nitrogens with zero attached hydrogens (tertiary/aromatic N) is 4. The second-order valence-corrected chi connectivity index (χ2v) is 18.7. The zero-order chi connectivity index (χ0) is 47.8. The number of amides is 4. The van der Waals surface area contributed by atoms with E-state index in [4.69, 9.17) is 24.2 Å². The van der Waals surface area contributed by atoms with Crippen LogP contribution in [0.1, 0.15) is 75.6 Å². The maximum atomic E-state index is 14.3. The van der Waals surface area contributed by atoms with Gasteiger partial charge in [-0.3, -0.25) is 9.59 Å². The van der Waals surface area contributed by atoms with E-state index in [-0.39, 0.29) is 41.8 Å². The van der Waals surface area contributed by atoms with Gasteiger partial charge in [0, 0.05) is 36.8 Å². The minimum absolute atomic E-state index is 0.0377. The van der Waals surface area contributed by atoms with E-state index in [0.717, 1.165) is 98.7 Å². The van der Waals surface area contributed by atoms with Crippen LogP contribution in [0.4, 0.5) is 9.59 Å². The van der Waals surface area contributed by atoms with Crippen LogP contribution in [0.2, 0.25) is 0 Å². The Bertz CT molecular complexity index is 3020. The number of nitrogens with one attached hydrogen (secondary N) is 4. The molecule has 356 valence electrons. The molecule has 6 aromatic rings. The first-order valence-electron chi connectivity index (χ1n) is 24.0. The quantitative estimate of drug-likeness (QED) is 0.0869. The van der Waals surface area contributed by atoms with Gasteiger partial charge in [0.25, 0.3) is 5.91 Å². The van der Waals surface area contributed by atoms with Gasteiger partial charge >= 0.3 is 12.2 Å². The number of allylic oxidation sites excluding steroid dienone is 3. The molecule has 3 aliphatic heterocycles. The highest BCUT2D eigenvalue weighted by Gasteiger charge is 2.51. The van der Waals surface area contributed by atoms with Crippen molar-refractivity contribution in [2.24, 2.45) is 11.8 Å². The predicted octanol–water partition coefficient (Wildman–Crippen LogP) is 9.21. The molecule has 3 saturated heterocycles. The molecule has 2 aromatic heterocycles. The molecule has 4 aliphatic rings. The summed E-state index contributed by atoms with van der Waals surface area (Å²) in [7, 11) is 2.59. The molecule has 0 radical (unpaired) electrons. The number of alkyl carbamates (subject to hydrolysis) is 2. The number of ether oxygens (including phenoxy) is 3. The van der Waals surface area contributed by atoms with Crippen molar-refractivity contribution in [3.8, 4) is 22.4 Å². The largest absolute Gasteiger partial charge is 0.453 e. The van der Waals surface area contributed by atoms with E-state index in [0.29, 0.717) is 38.2 Å². The first-order chi connectivity index (χ1) is 33.6. The Kier molecular flexibility index (Phi) is 12.8. The molecule has 1 saturated carbocycles. The van der Waals surface area contributed by atoms with Gasteiger partial charge < -0.3 is 44.6 Å². The average Bonchev–Trinajstić information content (AvgIpc) is 4.26. The number of likely N-dealkylation sites (tertiary alicyclic amines) is 2. The Hall–Kier alpha value is -7.26. The summed E-state index contributed by atoms with van der Waals surface area (Å²) in [5.41, 5.74) is 6.24. The van der Waals surface area contributed by atoms with Crippen molar-refractivity contribution < 1.29 is 33.4 Å². The van der Waals surface area contributed by atoms with E-state index in [1.54, 1.807) is 12.2 Å². The third kappa shape index (κ3) is 8.87. The second kappa shape index (κ2) is 19.4. The van der Waals surface area contributed by atoms with Gasteiger partial charge in [-0.1, -0.05) is 73.3 Å². The number of benzene rings is 4. The third-order valence-corrected chi connectivity index (χ3v) is 14.7. The fourth-order valence-corrected chi connectivity index (χ4v) is 11.2. The number of carbonyl (C=O) groups excluding carboxylic acids is 4. The molecule has 69 heavy (non-hydrogen) atoms. The van der Waals surface area contributed by atoms with E-state index in [2.05, 4.69) is 87.8 Å². The van der Waals surface area contributed by atoms with Gasteiger partial charge in [-0.15, -0.1) is 0 Å². The minimum atomic E-state index is -0.981.